The zero-order valence-electron chi connectivity index (χ0n) is 11.0. The van der Waals surface area contributed by atoms with Crippen molar-refractivity contribution in [2.45, 2.75) is 52.1 Å². The molecule has 0 bridgehead atoms. The number of ether oxygens (including phenoxy) is 1. The Morgan fingerprint density at radius 3 is 2.71 bits per heavy atom. The van der Waals surface area contributed by atoms with Crippen LogP contribution < -0.4 is 10.1 Å². The first kappa shape index (κ1) is 12.4. The third-order valence-corrected chi connectivity index (χ3v) is 3.49. The second-order valence-corrected chi connectivity index (χ2v) is 4.90. The molecule has 0 unspecified atom stereocenters. The van der Waals surface area contributed by atoms with Gasteiger partial charge in [-0.3, -0.25) is 0 Å². The van der Waals surface area contributed by atoms with Gasteiger partial charge in [0.1, 0.15) is 5.75 Å². The van der Waals surface area contributed by atoms with Gasteiger partial charge >= 0.3 is 0 Å². The van der Waals surface area contributed by atoms with Crippen molar-refractivity contribution in [1.29, 1.82) is 0 Å². The maximum Gasteiger partial charge on any atom is 0.122 e. The van der Waals surface area contributed by atoms with Crippen LogP contribution in [-0.4, -0.2) is 12.6 Å². The standard InChI is InChI=1S/C15H23NO/c1-3-17-15-9-8-13(10-12(15)2)11-16-14-6-4-5-7-14/h8-10,14,16H,3-7,11H2,1-2H3. The van der Waals surface area contributed by atoms with E-state index in [1.807, 2.05) is 6.92 Å². The van der Waals surface area contributed by atoms with Gasteiger partial charge in [0.2, 0.25) is 0 Å². The van der Waals surface area contributed by atoms with Gasteiger partial charge < -0.3 is 10.1 Å². The zero-order chi connectivity index (χ0) is 12.1. The van der Waals surface area contributed by atoms with Gasteiger partial charge in [-0.1, -0.05) is 25.0 Å². The number of hydrogen-bond acceptors (Lipinski definition) is 2. The number of hydrogen-bond donors (Lipinski definition) is 1. The molecule has 94 valence electrons. The molecule has 1 saturated carbocycles. The van der Waals surface area contributed by atoms with Gasteiger partial charge in [0.05, 0.1) is 6.61 Å². The van der Waals surface area contributed by atoms with Crippen LogP contribution in [0.2, 0.25) is 0 Å². The summed E-state index contributed by atoms with van der Waals surface area (Å²) in [7, 11) is 0. The minimum atomic E-state index is 0.737. The largest absolute Gasteiger partial charge is 0.494 e. The van der Waals surface area contributed by atoms with Gasteiger partial charge in [-0.2, -0.15) is 0 Å². The minimum absolute atomic E-state index is 0.737. The van der Waals surface area contributed by atoms with Crippen LogP contribution in [0, 0.1) is 6.92 Å². The summed E-state index contributed by atoms with van der Waals surface area (Å²) >= 11 is 0. The van der Waals surface area contributed by atoms with Crippen LogP contribution in [0.3, 0.4) is 0 Å². The second kappa shape index (κ2) is 6.06. The van der Waals surface area contributed by atoms with Gasteiger partial charge in [0.15, 0.2) is 0 Å². The quantitative estimate of drug-likeness (QED) is 0.841. The van der Waals surface area contributed by atoms with Crippen molar-refractivity contribution in [1.82, 2.24) is 5.32 Å². The Morgan fingerprint density at radius 2 is 2.06 bits per heavy atom. The Labute approximate surface area is 104 Å². The van der Waals surface area contributed by atoms with Crippen LogP contribution >= 0.6 is 0 Å². The van der Waals surface area contributed by atoms with E-state index < -0.39 is 0 Å². The lowest BCUT2D eigenvalue weighted by Crippen LogP contribution is -2.25. The Morgan fingerprint density at radius 1 is 1.29 bits per heavy atom. The average molecular weight is 233 g/mol. The van der Waals surface area contributed by atoms with E-state index in [2.05, 4.69) is 30.4 Å². The molecule has 0 spiro atoms. The summed E-state index contributed by atoms with van der Waals surface area (Å²) < 4.78 is 5.55. The van der Waals surface area contributed by atoms with Crippen molar-refractivity contribution in [3.05, 3.63) is 29.3 Å². The van der Waals surface area contributed by atoms with Crippen LogP contribution in [0.25, 0.3) is 0 Å². The molecule has 1 aliphatic carbocycles. The normalized spacial score (nSPS) is 16.4. The Hall–Kier alpha value is -1.02. The molecule has 1 N–H and O–H groups in total. The Kier molecular flexibility index (Phi) is 4.43. The van der Waals surface area contributed by atoms with Gasteiger partial charge in [-0.05, 0) is 43.9 Å². The third kappa shape index (κ3) is 3.47. The summed E-state index contributed by atoms with van der Waals surface area (Å²) in [5.74, 6) is 1.01. The fourth-order valence-corrected chi connectivity index (χ4v) is 2.53. The first-order chi connectivity index (χ1) is 8.29. The number of nitrogens with one attached hydrogen (secondary N) is 1. The second-order valence-electron chi connectivity index (χ2n) is 4.90. The first-order valence-corrected chi connectivity index (χ1v) is 6.75. The molecule has 0 heterocycles. The lowest BCUT2D eigenvalue weighted by Gasteiger charge is -2.13. The predicted molar refractivity (Wildman–Crippen MR) is 71.4 cm³/mol. The molecule has 0 amide bonds. The van der Waals surface area contributed by atoms with E-state index in [1.54, 1.807) is 0 Å². The number of rotatable bonds is 5. The summed E-state index contributed by atoms with van der Waals surface area (Å²) in [5, 5.41) is 3.64. The highest BCUT2D eigenvalue weighted by atomic mass is 16.5. The lowest BCUT2D eigenvalue weighted by molar-refractivity contribution is 0.337. The van der Waals surface area contributed by atoms with Gasteiger partial charge in [-0.25, -0.2) is 0 Å². The van der Waals surface area contributed by atoms with Crippen molar-refractivity contribution in [3.8, 4) is 5.75 Å². The fourth-order valence-electron chi connectivity index (χ4n) is 2.53. The van der Waals surface area contributed by atoms with Crippen LogP contribution in [0.1, 0.15) is 43.7 Å². The number of aryl methyl sites for hydroxylation is 1. The molecule has 2 rings (SSSR count). The van der Waals surface area contributed by atoms with E-state index >= 15 is 0 Å². The summed E-state index contributed by atoms with van der Waals surface area (Å²) in [6.07, 6.45) is 5.46. The van der Waals surface area contributed by atoms with Crippen molar-refractivity contribution in [3.63, 3.8) is 0 Å². The van der Waals surface area contributed by atoms with E-state index in [0.717, 1.165) is 24.9 Å². The van der Waals surface area contributed by atoms with Crippen LogP contribution in [0.4, 0.5) is 0 Å². The molecule has 2 heteroatoms. The van der Waals surface area contributed by atoms with Crippen molar-refractivity contribution < 1.29 is 4.74 Å². The smallest absolute Gasteiger partial charge is 0.122 e. The Bertz CT molecular complexity index is 356. The summed E-state index contributed by atoms with van der Waals surface area (Å²) in [6, 6.07) is 7.22. The Balaban J connectivity index is 1.90. The van der Waals surface area contributed by atoms with E-state index in [-0.39, 0.29) is 0 Å². The maximum atomic E-state index is 5.55. The SMILES string of the molecule is CCOc1ccc(CNC2CCCC2)cc1C. The summed E-state index contributed by atoms with van der Waals surface area (Å²) in [5.41, 5.74) is 2.59. The van der Waals surface area contributed by atoms with Crippen molar-refractivity contribution in [2.24, 2.45) is 0 Å². The molecule has 0 aromatic heterocycles. The molecule has 0 radical (unpaired) electrons. The highest BCUT2D eigenvalue weighted by Crippen LogP contribution is 2.21. The summed E-state index contributed by atoms with van der Waals surface area (Å²) in [4.78, 5) is 0. The lowest BCUT2D eigenvalue weighted by atomic mass is 10.1. The van der Waals surface area contributed by atoms with E-state index in [4.69, 9.17) is 4.74 Å². The van der Waals surface area contributed by atoms with Crippen LogP contribution in [0.15, 0.2) is 18.2 Å². The summed E-state index contributed by atoms with van der Waals surface area (Å²) in [6.45, 7) is 5.86. The van der Waals surface area contributed by atoms with Crippen LogP contribution in [-0.2, 0) is 6.54 Å². The van der Waals surface area contributed by atoms with Gasteiger partial charge in [0, 0.05) is 12.6 Å². The molecule has 1 aliphatic rings. The fraction of sp³-hybridized carbons (Fsp3) is 0.600. The molecular weight excluding hydrogens is 210 g/mol. The van der Waals surface area contributed by atoms with Crippen LogP contribution in [0.5, 0.6) is 5.75 Å². The van der Waals surface area contributed by atoms with E-state index in [9.17, 15) is 0 Å². The molecule has 1 aromatic rings. The highest BCUT2D eigenvalue weighted by molar-refractivity contribution is 5.36. The average Bonchev–Trinajstić information content (AvgIpc) is 2.83. The molecule has 0 aliphatic heterocycles. The molecule has 1 fully saturated rings. The van der Waals surface area contributed by atoms with Crippen molar-refractivity contribution >= 4 is 0 Å². The topological polar surface area (TPSA) is 21.3 Å². The molecule has 17 heavy (non-hydrogen) atoms. The van der Waals surface area contributed by atoms with Gasteiger partial charge in [0.25, 0.3) is 0 Å². The predicted octanol–water partition coefficient (Wildman–Crippen LogP) is 3.43. The maximum absolute atomic E-state index is 5.55. The zero-order valence-corrected chi connectivity index (χ0v) is 11.0. The molecule has 0 atom stereocenters. The van der Waals surface area contributed by atoms with Gasteiger partial charge in [-0.15, -0.1) is 0 Å². The molecule has 1 aromatic carbocycles. The first-order valence-electron chi connectivity index (χ1n) is 6.75. The third-order valence-electron chi connectivity index (χ3n) is 3.49. The monoisotopic (exact) mass is 233 g/mol. The minimum Gasteiger partial charge on any atom is -0.494 e. The highest BCUT2D eigenvalue weighted by Gasteiger charge is 2.13. The molecule has 0 saturated heterocycles. The number of benzene rings is 1. The molecular formula is C15H23NO. The molecule has 2 nitrogen and oxygen atoms in total. The van der Waals surface area contributed by atoms with Crippen molar-refractivity contribution in [2.75, 3.05) is 6.61 Å². The van der Waals surface area contributed by atoms with E-state index in [1.165, 1.54) is 36.8 Å². The van der Waals surface area contributed by atoms with E-state index in [0.29, 0.717) is 0 Å².